The first-order valence-electron chi connectivity index (χ1n) is 2.88. The molecule has 0 saturated heterocycles. The van der Waals surface area contributed by atoms with Crippen molar-refractivity contribution in [2.75, 3.05) is 21.1 Å². The van der Waals surface area contributed by atoms with Crippen molar-refractivity contribution < 1.29 is 15.9 Å². The zero-order chi connectivity index (χ0) is 9.82. The number of rotatable bonds is 5. The van der Waals surface area contributed by atoms with E-state index >= 15 is 0 Å². The van der Waals surface area contributed by atoms with Crippen LogP contribution in [0.4, 0.5) is 0 Å². The summed E-state index contributed by atoms with van der Waals surface area (Å²) in [6.07, 6.45) is 0. The van der Waals surface area contributed by atoms with Gasteiger partial charge in [0.15, 0.2) is 13.3 Å². The van der Waals surface area contributed by atoms with E-state index in [0.29, 0.717) is 0 Å². The van der Waals surface area contributed by atoms with Crippen LogP contribution in [0.1, 0.15) is 0 Å². The first-order valence-corrected chi connectivity index (χ1v) is 6.89. The van der Waals surface area contributed by atoms with Crippen molar-refractivity contribution in [2.45, 2.75) is 0 Å². The number of hydrazine groups is 1. The molecule has 0 fully saturated rings. The molecule has 0 unspecified atom stereocenters. The number of halogens is 2. The Hall–Kier alpha value is 1.08. The number of nitrogens with zero attached hydrogens (tertiary/aromatic N) is 1. The normalized spacial score (nSPS) is 9.83. The molecular formula is C5H12Cl2N4Pd. The van der Waals surface area contributed by atoms with E-state index < -0.39 is 0 Å². The Labute approximate surface area is 90.4 Å². The molecule has 76 valence electrons. The summed E-state index contributed by atoms with van der Waals surface area (Å²) < 4.78 is 0. The fourth-order valence-electron chi connectivity index (χ4n) is 0.335. The topological polar surface area (TPSA) is 39.3 Å². The second kappa shape index (κ2) is 14.6. The monoisotopic (exact) mass is 304 g/mol. The van der Waals surface area contributed by atoms with Crippen molar-refractivity contribution in [2.24, 2.45) is 0 Å². The first kappa shape index (κ1) is 15.5. The van der Waals surface area contributed by atoms with Crippen LogP contribution in [0.25, 0.3) is 0 Å². The zero-order valence-electron chi connectivity index (χ0n) is 7.02. The second-order valence-electron chi connectivity index (χ2n) is 1.45. The Bertz CT molecular complexity index is 78.5. The summed E-state index contributed by atoms with van der Waals surface area (Å²) in [5, 5.41) is 7.02. The predicted molar refractivity (Wildman–Crippen MR) is 47.2 cm³/mol. The van der Waals surface area contributed by atoms with E-state index in [1.54, 1.807) is 26.2 Å². The molecule has 0 aliphatic rings. The summed E-state index contributed by atoms with van der Waals surface area (Å²) in [4.78, 5) is 0. The van der Waals surface area contributed by atoms with Crippen LogP contribution in [0.3, 0.4) is 0 Å². The van der Waals surface area contributed by atoms with Gasteiger partial charge in [-0.1, -0.05) is 0 Å². The van der Waals surface area contributed by atoms with Crippen molar-refractivity contribution in [1.29, 1.82) is 0 Å². The molecule has 3 N–H and O–H groups in total. The first-order chi connectivity index (χ1) is 5.72. The molecule has 4 nitrogen and oxygen atoms in total. The summed E-state index contributed by atoms with van der Waals surface area (Å²) in [7, 11) is 15.0. The van der Waals surface area contributed by atoms with Crippen molar-refractivity contribution in [3.63, 3.8) is 0 Å². The fourth-order valence-corrected chi connectivity index (χ4v) is 0.335. The van der Waals surface area contributed by atoms with Crippen LogP contribution in [0.2, 0.25) is 0 Å². The number of hydrogen-bond acceptors (Lipinski definition) is 4. The minimum atomic E-state index is -0.106. The molecule has 0 aliphatic heterocycles. The summed E-state index contributed by atoms with van der Waals surface area (Å²) in [6.45, 7) is 5.41. The van der Waals surface area contributed by atoms with E-state index in [2.05, 4.69) is 29.4 Å². The minimum absolute atomic E-state index is 0.106. The molecule has 0 aromatic heterocycles. The van der Waals surface area contributed by atoms with Crippen LogP contribution in [-0.2, 0) is 15.9 Å². The fraction of sp³-hybridized carbons (Fsp3) is 0.600. The Balaban J connectivity index is 0. The van der Waals surface area contributed by atoms with Gasteiger partial charge in [-0.3, -0.25) is 10.6 Å². The second-order valence-corrected chi connectivity index (χ2v) is 3.81. The molecule has 12 heavy (non-hydrogen) atoms. The van der Waals surface area contributed by atoms with Crippen molar-refractivity contribution >= 4 is 19.1 Å². The van der Waals surface area contributed by atoms with E-state index in [-0.39, 0.29) is 15.9 Å². The molecule has 0 spiro atoms. The molecular weight excluding hydrogens is 293 g/mol. The number of nitrogens with one attached hydrogen (secondary N) is 3. The van der Waals surface area contributed by atoms with Gasteiger partial charge in [-0.15, -0.1) is 0 Å². The van der Waals surface area contributed by atoms with Crippen LogP contribution in [0.15, 0.2) is 0 Å². The van der Waals surface area contributed by atoms with E-state index in [1.165, 1.54) is 0 Å². The third kappa shape index (κ3) is 17.2. The van der Waals surface area contributed by atoms with Gasteiger partial charge in [0.1, 0.15) is 0 Å². The van der Waals surface area contributed by atoms with Gasteiger partial charge in [0.2, 0.25) is 0 Å². The van der Waals surface area contributed by atoms with Crippen LogP contribution in [0, 0.1) is 13.3 Å². The Morgan fingerprint density at radius 1 is 1.25 bits per heavy atom. The third-order valence-electron chi connectivity index (χ3n) is 0.628. The molecule has 4 radical (unpaired) electrons. The quantitative estimate of drug-likeness (QED) is 0.386. The molecule has 0 bridgehead atoms. The van der Waals surface area contributed by atoms with E-state index in [0.717, 1.165) is 0 Å². The van der Waals surface area contributed by atoms with Gasteiger partial charge in [-0.2, -0.15) is 0 Å². The van der Waals surface area contributed by atoms with Gasteiger partial charge in [0, 0.05) is 7.05 Å². The van der Waals surface area contributed by atoms with E-state index in [4.69, 9.17) is 19.1 Å². The molecule has 0 saturated carbocycles. The predicted octanol–water partition coefficient (Wildman–Crippen LogP) is 0.231. The molecule has 0 rings (SSSR count). The van der Waals surface area contributed by atoms with Gasteiger partial charge >= 0.3 is 35.0 Å². The van der Waals surface area contributed by atoms with Gasteiger partial charge < -0.3 is 0 Å². The van der Waals surface area contributed by atoms with Crippen LogP contribution < -0.4 is 16.1 Å². The van der Waals surface area contributed by atoms with Gasteiger partial charge in [0.05, 0.1) is 0 Å². The third-order valence-corrected chi connectivity index (χ3v) is 0.628. The summed E-state index contributed by atoms with van der Waals surface area (Å²) >= 11 is -0.106. The molecule has 7 heteroatoms. The SMILES string of the molecule is CN[C]NN(C)[C]NC.[Cl][Pd][Cl]. The Morgan fingerprint density at radius 2 is 1.75 bits per heavy atom. The number of hydrogen-bond donors (Lipinski definition) is 3. The van der Waals surface area contributed by atoms with Gasteiger partial charge in [-0.05, 0) is 14.1 Å². The molecule has 0 aromatic carbocycles. The Morgan fingerprint density at radius 3 is 2.08 bits per heavy atom. The molecule has 0 atom stereocenters. The summed E-state index contributed by atoms with van der Waals surface area (Å²) in [5.74, 6) is 0. The van der Waals surface area contributed by atoms with Crippen molar-refractivity contribution in [3.05, 3.63) is 13.3 Å². The maximum atomic E-state index is 4.81. The maximum absolute atomic E-state index is 4.81. The Kier molecular flexibility index (Phi) is 18.9. The average molecular weight is 306 g/mol. The molecule has 0 amide bonds. The van der Waals surface area contributed by atoms with Crippen molar-refractivity contribution in [3.8, 4) is 0 Å². The molecule has 0 aliphatic carbocycles. The van der Waals surface area contributed by atoms with Gasteiger partial charge in [-0.25, -0.2) is 10.4 Å². The van der Waals surface area contributed by atoms with Crippen LogP contribution in [-0.4, -0.2) is 26.2 Å². The molecule has 0 heterocycles. The van der Waals surface area contributed by atoms with E-state index in [1.807, 2.05) is 0 Å². The molecule has 0 aromatic rings. The zero-order valence-corrected chi connectivity index (χ0v) is 10.1. The van der Waals surface area contributed by atoms with E-state index in [9.17, 15) is 0 Å². The van der Waals surface area contributed by atoms with Crippen LogP contribution in [0.5, 0.6) is 0 Å². The summed E-state index contributed by atoms with van der Waals surface area (Å²) in [5.41, 5.74) is 2.73. The average Bonchev–Trinajstić information content (AvgIpc) is 2.03. The summed E-state index contributed by atoms with van der Waals surface area (Å²) in [6, 6.07) is 0. The standard InChI is InChI=1S/C5H12N4.2ClH.Pd/c1-6-4-8-9(3)5-7-2;;;/h6-8H,1-3H3;2*1H;/q;;;+2/p-2. The van der Waals surface area contributed by atoms with Gasteiger partial charge in [0.25, 0.3) is 0 Å². The van der Waals surface area contributed by atoms with Crippen molar-refractivity contribution in [1.82, 2.24) is 21.1 Å². The van der Waals surface area contributed by atoms with Crippen LogP contribution >= 0.6 is 19.1 Å².